The fourth-order valence-corrected chi connectivity index (χ4v) is 2.19. The van der Waals surface area contributed by atoms with Gasteiger partial charge in [-0.25, -0.2) is 0 Å². The zero-order valence-electron chi connectivity index (χ0n) is 12.0. The van der Waals surface area contributed by atoms with E-state index in [4.69, 9.17) is 0 Å². The van der Waals surface area contributed by atoms with Gasteiger partial charge in [-0.2, -0.15) is 13.2 Å². The van der Waals surface area contributed by atoms with E-state index < -0.39 is 5.51 Å². The molecule has 20 heavy (non-hydrogen) atoms. The quantitative estimate of drug-likeness (QED) is 0.773. The third-order valence-electron chi connectivity index (χ3n) is 2.82. The van der Waals surface area contributed by atoms with Crippen LogP contribution in [0.15, 0.2) is 29.2 Å². The average Bonchev–Trinajstić information content (AvgIpc) is 2.33. The minimum Gasteiger partial charge on any atom is -0.310 e. The molecule has 1 rings (SSSR count). The zero-order chi connectivity index (χ0) is 15.2. The fraction of sp³-hybridized carbons (Fsp3) is 0.571. The summed E-state index contributed by atoms with van der Waals surface area (Å²) >= 11 is -0.0808. The van der Waals surface area contributed by atoms with Crippen LogP contribution in [0.2, 0.25) is 0 Å². The highest BCUT2D eigenvalue weighted by atomic mass is 32.2. The Morgan fingerprint density at radius 2 is 1.80 bits per heavy atom. The van der Waals surface area contributed by atoms with Gasteiger partial charge in [-0.15, -0.1) is 0 Å². The smallest absolute Gasteiger partial charge is 0.310 e. The van der Waals surface area contributed by atoms with Crippen LogP contribution >= 0.6 is 11.8 Å². The second-order valence-electron chi connectivity index (χ2n) is 5.07. The second-order valence-corrected chi connectivity index (χ2v) is 6.20. The monoisotopic (exact) mass is 306 g/mol. The van der Waals surface area contributed by atoms with E-state index in [1.165, 1.54) is 12.1 Å². The van der Waals surface area contributed by atoms with Gasteiger partial charge in [-0.3, -0.25) is 0 Å². The van der Waals surface area contributed by atoms with Crippen molar-refractivity contribution in [2.45, 2.75) is 36.3 Å². The van der Waals surface area contributed by atoms with Gasteiger partial charge in [0.2, 0.25) is 0 Å². The van der Waals surface area contributed by atoms with Crippen LogP contribution in [-0.2, 0) is 6.54 Å². The highest BCUT2D eigenvalue weighted by Gasteiger charge is 2.28. The van der Waals surface area contributed by atoms with Crippen molar-refractivity contribution in [2.75, 3.05) is 20.6 Å². The lowest BCUT2D eigenvalue weighted by Crippen LogP contribution is -2.29. The summed E-state index contributed by atoms with van der Waals surface area (Å²) in [6.45, 7) is 3.79. The average molecular weight is 306 g/mol. The summed E-state index contributed by atoms with van der Waals surface area (Å²) in [6.07, 6.45) is 1.04. The first kappa shape index (κ1) is 17.3. The summed E-state index contributed by atoms with van der Waals surface area (Å²) in [5, 5.41) is 3.37. The van der Waals surface area contributed by atoms with Crippen molar-refractivity contribution in [3.63, 3.8) is 0 Å². The molecule has 1 aromatic carbocycles. The Balaban J connectivity index is 2.38. The number of nitrogens with zero attached hydrogens (tertiary/aromatic N) is 1. The Bertz CT molecular complexity index is 390. The lowest BCUT2D eigenvalue weighted by molar-refractivity contribution is -0.0328. The van der Waals surface area contributed by atoms with Crippen LogP contribution < -0.4 is 5.32 Å². The van der Waals surface area contributed by atoms with Gasteiger partial charge in [0, 0.05) is 17.5 Å². The van der Waals surface area contributed by atoms with E-state index in [-0.39, 0.29) is 16.7 Å². The van der Waals surface area contributed by atoms with Crippen molar-refractivity contribution in [1.29, 1.82) is 0 Å². The van der Waals surface area contributed by atoms with Gasteiger partial charge < -0.3 is 10.2 Å². The molecule has 1 atom stereocenters. The van der Waals surface area contributed by atoms with Crippen LogP contribution in [0.4, 0.5) is 13.2 Å². The molecule has 1 unspecified atom stereocenters. The molecule has 0 saturated heterocycles. The summed E-state index contributed by atoms with van der Waals surface area (Å²) in [5.74, 6) is 0. The number of hydrogen-bond acceptors (Lipinski definition) is 3. The van der Waals surface area contributed by atoms with Crippen molar-refractivity contribution < 1.29 is 13.2 Å². The molecule has 0 saturated carbocycles. The van der Waals surface area contributed by atoms with E-state index in [1.54, 1.807) is 12.1 Å². The number of thioether (sulfide) groups is 1. The molecule has 0 bridgehead atoms. The minimum atomic E-state index is -4.22. The van der Waals surface area contributed by atoms with Gasteiger partial charge in [0.1, 0.15) is 0 Å². The molecule has 114 valence electrons. The normalized spacial score (nSPS) is 13.8. The summed E-state index contributed by atoms with van der Waals surface area (Å²) < 4.78 is 36.6. The summed E-state index contributed by atoms with van der Waals surface area (Å²) in [4.78, 5) is 2.35. The molecule has 1 aromatic rings. The van der Waals surface area contributed by atoms with Crippen LogP contribution in [0.5, 0.6) is 0 Å². The van der Waals surface area contributed by atoms with E-state index >= 15 is 0 Å². The Morgan fingerprint density at radius 1 is 1.20 bits per heavy atom. The van der Waals surface area contributed by atoms with E-state index in [9.17, 15) is 13.2 Å². The molecule has 6 heteroatoms. The van der Waals surface area contributed by atoms with Crippen molar-refractivity contribution in [3.05, 3.63) is 29.8 Å². The van der Waals surface area contributed by atoms with E-state index in [0.717, 1.165) is 18.5 Å². The molecule has 0 radical (unpaired) electrons. The third kappa shape index (κ3) is 7.77. The topological polar surface area (TPSA) is 15.3 Å². The van der Waals surface area contributed by atoms with Gasteiger partial charge in [0.05, 0.1) is 0 Å². The largest absolute Gasteiger partial charge is 0.446 e. The van der Waals surface area contributed by atoms with E-state index in [2.05, 4.69) is 17.1 Å². The van der Waals surface area contributed by atoms with Crippen LogP contribution in [-0.4, -0.2) is 37.1 Å². The number of halogens is 3. The summed E-state index contributed by atoms with van der Waals surface area (Å²) in [7, 11) is 4.06. The van der Waals surface area contributed by atoms with Crippen molar-refractivity contribution in [2.24, 2.45) is 0 Å². The molecule has 0 spiro atoms. The molecule has 1 N–H and O–H groups in total. The number of hydrogen-bond donors (Lipinski definition) is 1. The van der Waals surface area contributed by atoms with Gasteiger partial charge in [-0.1, -0.05) is 12.1 Å². The fourth-order valence-electron chi connectivity index (χ4n) is 1.65. The van der Waals surface area contributed by atoms with Crippen LogP contribution in [0.1, 0.15) is 18.9 Å². The molecular formula is C14H21F3N2S. The highest BCUT2D eigenvalue weighted by molar-refractivity contribution is 8.00. The van der Waals surface area contributed by atoms with Gasteiger partial charge in [0.25, 0.3) is 0 Å². The lowest BCUT2D eigenvalue weighted by atomic mass is 10.2. The van der Waals surface area contributed by atoms with E-state index in [0.29, 0.717) is 12.6 Å². The minimum absolute atomic E-state index is 0.0808. The molecule has 0 aliphatic heterocycles. The maximum atomic E-state index is 12.2. The highest BCUT2D eigenvalue weighted by Crippen LogP contribution is 2.36. The number of benzene rings is 1. The predicted octanol–water partition coefficient (Wildman–Crippen LogP) is 3.73. The maximum Gasteiger partial charge on any atom is 0.446 e. The van der Waals surface area contributed by atoms with Gasteiger partial charge >= 0.3 is 5.51 Å². The molecule has 0 aromatic heterocycles. The van der Waals surface area contributed by atoms with Gasteiger partial charge in [-0.05, 0) is 63.4 Å². The first-order chi connectivity index (χ1) is 9.26. The molecule has 2 nitrogen and oxygen atoms in total. The Labute approximate surface area is 122 Å². The molecule has 0 aliphatic rings. The standard InChI is InChI=1S/C14H21F3N2S/c1-11(8-9-19(2)3)18-10-12-4-6-13(7-5-12)20-14(15,16)17/h4-7,11,18H,8-10H2,1-3H3. The van der Waals surface area contributed by atoms with Gasteiger partial charge in [0.15, 0.2) is 0 Å². The SMILES string of the molecule is CC(CCN(C)C)NCc1ccc(SC(F)(F)F)cc1. The maximum absolute atomic E-state index is 12.2. The lowest BCUT2D eigenvalue weighted by Gasteiger charge is -2.16. The Hall–Kier alpha value is -0.720. The van der Waals surface area contributed by atoms with E-state index in [1.807, 2.05) is 14.1 Å². The third-order valence-corrected chi connectivity index (χ3v) is 3.56. The molecular weight excluding hydrogens is 285 g/mol. The van der Waals surface area contributed by atoms with Crippen molar-refractivity contribution in [3.8, 4) is 0 Å². The van der Waals surface area contributed by atoms with Crippen LogP contribution in [0.3, 0.4) is 0 Å². The Morgan fingerprint density at radius 3 is 2.30 bits per heavy atom. The van der Waals surface area contributed by atoms with Crippen molar-refractivity contribution >= 4 is 11.8 Å². The number of rotatable bonds is 7. The molecule has 0 fully saturated rings. The number of nitrogens with one attached hydrogen (secondary N) is 1. The summed E-state index contributed by atoms with van der Waals surface area (Å²) in [6, 6.07) is 6.88. The van der Waals surface area contributed by atoms with Crippen LogP contribution in [0, 0.1) is 0 Å². The summed E-state index contributed by atoms with van der Waals surface area (Å²) in [5.41, 5.74) is -3.23. The molecule has 0 amide bonds. The number of alkyl halides is 3. The van der Waals surface area contributed by atoms with Crippen molar-refractivity contribution in [1.82, 2.24) is 10.2 Å². The second kappa shape index (κ2) is 7.90. The molecule has 0 heterocycles. The zero-order valence-corrected chi connectivity index (χ0v) is 12.8. The first-order valence-corrected chi connectivity index (χ1v) is 7.31. The predicted molar refractivity (Wildman–Crippen MR) is 77.8 cm³/mol. The first-order valence-electron chi connectivity index (χ1n) is 6.49. The molecule has 0 aliphatic carbocycles. The Kier molecular flexibility index (Phi) is 6.85. The van der Waals surface area contributed by atoms with Crippen LogP contribution in [0.25, 0.3) is 0 Å².